The molecule has 7 nitrogen and oxygen atoms in total. The summed E-state index contributed by atoms with van der Waals surface area (Å²) in [5, 5.41) is 17.1. The van der Waals surface area contributed by atoms with Crippen molar-refractivity contribution >= 4 is 5.95 Å². The van der Waals surface area contributed by atoms with Gasteiger partial charge in [0.1, 0.15) is 0 Å². The van der Waals surface area contributed by atoms with Crippen molar-refractivity contribution in [3.63, 3.8) is 0 Å². The van der Waals surface area contributed by atoms with Crippen molar-refractivity contribution in [1.82, 2.24) is 20.1 Å². The molecule has 1 N–H and O–H groups in total. The van der Waals surface area contributed by atoms with E-state index in [1.165, 1.54) is 11.0 Å². The Hall–Kier alpha value is -1.76. The van der Waals surface area contributed by atoms with Crippen LogP contribution in [0.4, 0.5) is 5.95 Å². The van der Waals surface area contributed by atoms with E-state index >= 15 is 0 Å². The third kappa shape index (κ3) is 3.47. The Morgan fingerprint density at radius 3 is 3.07 bits per heavy atom. The molecular weight excluding hydrogens is 198 g/mol. The average Bonchev–Trinajstić information content (AvgIpc) is 2.63. The van der Waals surface area contributed by atoms with Crippen molar-refractivity contribution in [2.45, 2.75) is 13.5 Å². The molecule has 82 valence electrons. The lowest BCUT2D eigenvalue weighted by Crippen LogP contribution is -2.18. The highest BCUT2D eigenvalue weighted by atomic mass is 16.6. The molecular formula is C8H13N5O2. The molecule has 1 heterocycles. The topological polar surface area (TPSA) is 85.9 Å². The summed E-state index contributed by atoms with van der Waals surface area (Å²) < 4.78 is 1.40. The summed E-state index contributed by atoms with van der Waals surface area (Å²) in [6.45, 7) is 7.78. The Morgan fingerprint density at radius 1 is 1.80 bits per heavy atom. The molecule has 0 spiro atoms. The number of likely N-dealkylation sites (N-methyl/N-ethyl adjacent to an activating group) is 1. The lowest BCUT2D eigenvalue weighted by atomic mass is 10.3. The summed E-state index contributed by atoms with van der Waals surface area (Å²) in [5.41, 5.74) is 0.900. The van der Waals surface area contributed by atoms with E-state index in [-0.39, 0.29) is 5.95 Å². The summed E-state index contributed by atoms with van der Waals surface area (Å²) in [6.07, 6.45) is 1.33. The van der Waals surface area contributed by atoms with Gasteiger partial charge in [0.05, 0.1) is 6.54 Å². The van der Waals surface area contributed by atoms with Crippen molar-refractivity contribution in [3.8, 4) is 0 Å². The lowest BCUT2D eigenvalue weighted by molar-refractivity contribution is -0.394. The summed E-state index contributed by atoms with van der Waals surface area (Å²) in [6, 6.07) is 0. The molecule has 0 fully saturated rings. The zero-order valence-electron chi connectivity index (χ0n) is 8.51. The molecule has 0 aliphatic carbocycles. The van der Waals surface area contributed by atoms with Crippen LogP contribution in [0.5, 0.6) is 0 Å². The van der Waals surface area contributed by atoms with E-state index in [2.05, 4.69) is 22.0 Å². The number of nitrogens with one attached hydrogen (secondary N) is 1. The van der Waals surface area contributed by atoms with Gasteiger partial charge < -0.3 is 15.4 Å². The standard InChI is InChI=1S/C8H13N5O2/c1-3-9-4-7(2)5-12-6-10-8(11-12)13(14)15/h6,9H,2-5H2,1H3. The first kappa shape index (κ1) is 11.3. The minimum atomic E-state index is -0.621. The van der Waals surface area contributed by atoms with Gasteiger partial charge in [0, 0.05) is 11.6 Å². The summed E-state index contributed by atoms with van der Waals surface area (Å²) >= 11 is 0. The third-order valence-electron chi connectivity index (χ3n) is 1.70. The minimum Gasteiger partial charge on any atom is -0.390 e. The predicted molar refractivity (Wildman–Crippen MR) is 54.4 cm³/mol. The van der Waals surface area contributed by atoms with Gasteiger partial charge in [0.25, 0.3) is 0 Å². The van der Waals surface area contributed by atoms with Crippen molar-refractivity contribution < 1.29 is 4.92 Å². The first-order valence-corrected chi connectivity index (χ1v) is 4.54. The minimum absolute atomic E-state index is 0.383. The van der Waals surface area contributed by atoms with Crippen LogP contribution in [0.2, 0.25) is 0 Å². The second kappa shape index (κ2) is 5.20. The maximum atomic E-state index is 10.3. The number of rotatable bonds is 6. The Bertz CT molecular complexity index is 360. The summed E-state index contributed by atoms with van der Waals surface area (Å²) in [4.78, 5) is 13.2. The molecule has 0 aliphatic heterocycles. The molecule has 0 amide bonds. The normalized spacial score (nSPS) is 10.2. The quantitative estimate of drug-likeness (QED) is 0.417. The van der Waals surface area contributed by atoms with Crippen molar-refractivity contribution in [3.05, 3.63) is 28.6 Å². The first-order chi connectivity index (χ1) is 7.13. The highest BCUT2D eigenvalue weighted by Crippen LogP contribution is 2.01. The van der Waals surface area contributed by atoms with Crippen LogP contribution in [0, 0.1) is 10.1 Å². The summed E-state index contributed by atoms with van der Waals surface area (Å²) in [7, 11) is 0. The highest BCUT2D eigenvalue weighted by Gasteiger charge is 2.12. The van der Waals surface area contributed by atoms with Crippen LogP contribution in [0.25, 0.3) is 0 Å². The zero-order chi connectivity index (χ0) is 11.3. The van der Waals surface area contributed by atoms with E-state index in [1.54, 1.807) is 0 Å². The van der Waals surface area contributed by atoms with Crippen LogP contribution in [0.15, 0.2) is 18.5 Å². The van der Waals surface area contributed by atoms with Crippen LogP contribution in [0.1, 0.15) is 6.92 Å². The molecule has 0 radical (unpaired) electrons. The second-order valence-electron chi connectivity index (χ2n) is 3.03. The Morgan fingerprint density at radius 2 is 2.53 bits per heavy atom. The van der Waals surface area contributed by atoms with E-state index in [9.17, 15) is 10.1 Å². The van der Waals surface area contributed by atoms with Gasteiger partial charge in [-0.15, -0.1) is 0 Å². The van der Waals surface area contributed by atoms with E-state index in [1.807, 2.05) is 6.92 Å². The van der Waals surface area contributed by atoms with Crippen LogP contribution in [0.3, 0.4) is 0 Å². The fraction of sp³-hybridized carbons (Fsp3) is 0.500. The number of hydrogen-bond acceptors (Lipinski definition) is 5. The second-order valence-corrected chi connectivity index (χ2v) is 3.03. The van der Waals surface area contributed by atoms with Crippen molar-refractivity contribution in [1.29, 1.82) is 0 Å². The molecule has 0 bridgehead atoms. The molecule has 15 heavy (non-hydrogen) atoms. The van der Waals surface area contributed by atoms with Gasteiger partial charge in [-0.3, -0.25) is 0 Å². The Balaban J connectivity index is 2.50. The fourth-order valence-electron chi connectivity index (χ4n) is 1.03. The van der Waals surface area contributed by atoms with Crippen molar-refractivity contribution in [2.24, 2.45) is 0 Å². The molecule has 0 saturated carbocycles. The molecule has 0 aromatic carbocycles. The van der Waals surface area contributed by atoms with E-state index < -0.39 is 4.92 Å². The highest BCUT2D eigenvalue weighted by molar-refractivity contribution is 5.01. The number of hydrogen-bond donors (Lipinski definition) is 1. The molecule has 1 rings (SSSR count). The molecule has 0 saturated heterocycles. The van der Waals surface area contributed by atoms with Gasteiger partial charge in [-0.05, 0) is 17.0 Å². The zero-order valence-corrected chi connectivity index (χ0v) is 8.51. The maximum absolute atomic E-state index is 10.3. The van der Waals surface area contributed by atoms with Gasteiger partial charge in [0.2, 0.25) is 6.33 Å². The first-order valence-electron chi connectivity index (χ1n) is 4.54. The molecule has 1 aromatic rings. The van der Waals surface area contributed by atoms with Gasteiger partial charge in [-0.25, -0.2) is 0 Å². The molecule has 1 aromatic heterocycles. The summed E-state index contributed by atoms with van der Waals surface area (Å²) in [5.74, 6) is -0.383. The number of nitrogens with zero attached hydrogens (tertiary/aromatic N) is 4. The molecule has 7 heteroatoms. The molecule has 0 atom stereocenters. The number of aromatic nitrogens is 3. The van der Waals surface area contributed by atoms with Gasteiger partial charge in [0.15, 0.2) is 0 Å². The number of nitro groups is 1. The van der Waals surface area contributed by atoms with Crippen LogP contribution in [-0.2, 0) is 6.54 Å². The SMILES string of the molecule is C=C(CNCC)Cn1cnc([N+](=O)[O-])n1. The molecule has 0 unspecified atom stereocenters. The monoisotopic (exact) mass is 211 g/mol. The third-order valence-corrected chi connectivity index (χ3v) is 1.70. The Labute approximate surface area is 87.0 Å². The van der Waals surface area contributed by atoms with Crippen LogP contribution >= 0.6 is 0 Å². The van der Waals surface area contributed by atoms with E-state index in [0.717, 1.165) is 12.1 Å². The smallest absolute Gasteiger partial charge is 0.390 e. The predicted octanol–water partition coefficient (Wildman–Crippen LogP) is 0.352. The van der Waals surface area contributed by atoms with E-state index in [0.29, 0.717) is 13.1 Å². The van der Waals surface area contributed by atoms with Crippen molar-refractivity contribution in [2.75, 3.05) is 13.1 Å². The van der Waals surface area contributed by atoms with E-state index in [4.69, 9.17) is 0 Å². The van der Waals surface area contributed by atoms with Crippen LogP contribution < -0.4 is 5.32 Å². The average molecular weight is 211 g/mol. The molecule has 0 aliphatic rings. The largest absolute Gasteiger partial charge is 0.490 e. The maximum Gasteiger partial charge on any atom is 0.490 e. The fourth-order valence-corrected chi connectivity index (χ4v) is 1.03. The van der Waals surface area contributed by atoms with Gasteiger partial charge in [-0.2, -0.15) is 4.68 Å². The lowest BCUT2D eigenvalue weighted by Gasteiger charge is -2.03. The Kier molecular flexibility index (Phi) is 3.92. The van der Waals surface area contributed by atoms with Gasteiger partial charge in [-0.1, -0.05) is 18.5 Å². The van der Waals surface area contributed by atoms with Gasteiger partial charge >= 0.3 is 5.95 Å². The van der Waals surface area contributed by atoms with Crippen LogP contribution in [-0.4, -0.2) is 32.8 Å².